The van der Waals surface area contributed by atoms with Crippen molar-refractivity contribution in [1.29, 1.82) is 0 Å². The molecular weight excluding hydrogens is 772 g/mol. The molecular formula is C52H41FO8. The molecule has 0 spiro atoms. The van der Waals surface area contributed by atoms with Crippen molar-refractivity contribution in [2.24, 2.45) is 0 Å². The van der Waals surface area contributed by atoms with Gasteiger partial charge >= 0.3 is 23.9 Å². The van der Waals surface area contributed by atoms with Gasteiger partial charge in [0, 0.05) is 50.1 Å². The van der Waals surface area contributed by atoms with Crippen LogP contribution >= 0.6 is 0 Å². The van der Waals surface area contributed by atoms with Crippen molar-refractivity contribution < 1.29 is 42.5 Å². The molecule has 8 nitrogen and oxygen atoms in total. The third-order valence-electron chi connectivity index (χ3n) is 8.16. The molecule has 0 heterocycles. The second-order valence-corrected chi connectivity index (χ2v) is 13.4. The zero-order valence-electron chi connectivity index (χ0n) is 34.1. The van der Waals surface area contributed by atoms with Gasteiger partial charge in [0.25, 0.3) is 0 Å². The van der Waals surface area contributed by atoms with E-state index < -0.39 is 29.7 Å². The van der Waals surface area contributed by atoms with E-state index in [4.69, 9.17) is 18.9 Å². The summed E-state index contributed by atoms with van der Waals surface area (Å²) in [5, 5.41) is 0. The maximum absolute atomic E-state index is 16.2. The summed E-state index contributed by atoms with van der Waals surface area (Å²) in [4.78, 5) is 47.8. The predicted octanol–water partition coefficient (Wildman–Crippen LogP) is 10.7. The molecule has 61 heavy (non-hydrogen) atoms. The summed E-state index contributed by atoms with van der Waals surface area (Å²) in [5.74, 6) is 8.81. The largest absolute Gasteiger partial charge is 0.431 e. The van der Waals surface area contributed by atoms with E-state index in [0.29, 0.717) is 22.3 Å². The Bertz CT molecular complexity index is 2650. The van der Waals surface area contributed by atoms with Crippen LogP contribution < -0.4 is 0 Å². The first-order valence-corrected chi connectivity index (χ1v) is 18.5. The molecule has 0 N–H and O–H groups in total. The Balaban J connectivity index is 1.73. The van der Waals surface area contributed by atoms with E-state index >= 15 is 4.39 Å². The van der Waals surface area contributed by atoms with E-state index in [1.807, 2.05) is 36.4 Å². The monoisotopic (exact) mass is 812 g/mol. The highest BCUT2D eigenvalue weighted by Crippen LogP contribution is 2.27. The van der Waals surface area contributed by atoms with Crippen LogP contribution in [-0.2, 0) is 38.1 Å². The van der Waals surface area contributed by atoms with Gasteiger partial charge in [0.2, 0.25) is 0 Å². The fourth-order valence-electron chi connectivity index (χ4n) is 4.83. The van der Waals surface area contributed by atoms with Crippen LogP contribution in [0.5, 0.6) is 0 Å². The molecule has 0 radical (unpaired) electrons. The molecule has 4 rings (SSSR count). The number of esters is 4. The zero-order valence-corrected chi connectivity index (χ0v) is 34.1. The Kier molecular flexibility index (Phi) is 16.4. The minimum atomic E-state index is -0.719. The summed E-state index contributed by atoms with van der Waals surface area (Å²) in [5.41, 5.74) is 6.04. The van der Waals surface area contributed by atoms with E-state index in [-0.39, 0.29) is 33.4 Å². The fourth-order valence-corrected chi connectivity index (χ4v) is 4.83. The molecule has 0 aliphatic rings. The first-order valence-electron chi connectivity index (χ1n) is 18.5. The van der Waals surface area contributed by atoms with Crippen LogP contribution in [-0.4, -0.2) is 23.9 Å². The van der Waals surface area contributed by atoms with E-state index in [1.54, 1.807) is 62.4 Å². The van der Waals surface area contributed by atoms with Crippen molar-refractivity contribution in [3.05, 3.63) is 203 Å². The van der Waals surface area contributed by atoms with Crippen LogP contribution in [0.3, 0.4) is 0 Å². The molecule has 0 aliphatic heterocycles. The molecule has 0 unspecified atom stereocenters. The number of benzene rings is 4. The van der Waals surface area contributed by atoms with Gasteiger partial charge in [0.15, 0.2) is 0 Å². The number of carbonyl (C=O) groups is 4. The SMILES string of the molecule is C=C(C)C(=O)O/C=C/c1ccc(C#Cc2cc(F)c(C#Cc3ccc(-c4ccc(/C=C/OC(=O)C(=C)C)cc4)cc3)c(/C=C/OC(=O)C(=C)C)c2/C=C/OC(=O)C(=C)C)cc1. The third-order valence-corrected chi connectivity index (χ3v) is 8.16. The normalized spacial score (nSPS) is 10.7. The van der Waals surface area contributed by atoms with E-state index in [9.17, 15) is 19.2 Å². The van der Waals surface area contributed by atoms with Crippen LogP contribution in [0, 0.1) is 29.5 Å². The Morgan fingerprint density at radius 2 is 0.820 bits per heavy atom. The predicted molar refractivity (Wildman–Crippen MR) is 236 cm³/mol. The van der Waals surface area contributed by atoms with Crippen LogP contribution in [0.1, 0.15) is 72.2 Å². The number of ether oxygens (including phenoxy) is 4. The lowest BCUT2D eigenvalue weighted by Gasteiger charge is -2.10. The summed E-state index contributed by atoms with van der Waals surface area (Å²) in [7, 11) is 0. The number of hydrogen-bond acceptors (Lipinski definition) is 8. The van der Waals surface area contributed by atoms with Crippen molar-refractivity contribution >= 4 is 48.2 Å². The van der Waals surface area contributed by atoms with Crippen molar-refractivity contribution in [2.45, 2.75) is 27.7 Å². The molecule has 0 atom stereocenters. The number of rotatable bonds is 13. The summed E-state index contributed by atoms with van der Waals surface area (Å²) in [6, 6.07) is 23.1. The van der Waals surface area contributed by atoms with Gasteiger partial charge in [-0.1, -0.05) is 98.5 Å². The van der Waals surface area contributed by atoms with Crippen molar-refractivity contribution in [3.63, 3.8) is 0 Å². The maximum Gasteiger partial charge on any atom is 0.337 e. The molecule has 0 fully saturated rings. The number of hydrogen-bond donors (Lipinski definition) is 0. The maximum atomic E-state index is 16.2. The fraction of sp³-hybridized carbons (Fsp3) is 0.0769. The average molecular weight is 813 g/mol. The van der Waals surface area contributed by atoms with Crippen molar-refractivity contribution in [1.82, 2.24) is 0 Å². The van der Waals surface area contributed by atoms with E-state index in [1.165, 1.54) is 44.6 Å². The number of halogens is 1. The second kappa shape index (κ2) is 22.0. The average Bonchev–Trinajstić information content (AvgIpc) is 3.23. The standard InChI is InChI=1S/C52H41FO8/c1-34(2)49(54)58-29-25-40-11-9-38(10-12-40)17-23-44-33-48(53)47(46(28-32-61-52(57)37(7)8)45(44)27-31-60-51(56)36(5)6)24-18-39-13-19-42(20-14-39)43-21-15-41(16-22-43)26-30-59-50(55)35(3)4/h9-16,19-22,25-33H,1,3,5,7H2,2,4,6,8H3/b29-25+,30-26+,31-27+,32-28+. The Morgan fingerprint density at radius 3 is 1.25 bits per heavy atom. The van der Waals surface area contributed by atoms with Gasteiger partial charge in [0.05, 0.1) is 30.6 Å². The van der Waals surface area contributed by atoms with Crippen molar-refractivity contribution in [2.75, 3.05) is 0 Å². The van der Waals surface area contributed by atoms with Crippen LogP contribution in [0.4, 0.5) is 4.39 Å². The van der Waals surface area contributed by atoms with Crippen LogP contribution in [0.25, 0.3) is 35.4 Å². The second-order valence-electron chi connectivity index (χ2n) is 13.4. The molecule has 9 heteroatoms. The third kappa shape index (κ3) is 14.0. The van der Waals surface area contributed by atoms with Gasteiger partial charge < -0.3 is 18.9 Å². The lowest BCUT2D eigenvalue weighted by atomic mass is 9.94. The zero-order chi connectivity index (χ0) is 44.5. The van der Waals surface area contributed by atoms with E-state index in [2.05, 4.69) is 50.0 Å². The first-order chi connectivity index (χ1) is 29.1. The molecule has 0 saturated heterocycles. The summed E-state index contributed by atoms with van der Waals surface area (Å²) in [6.45, 7) is 20.4. The quantitative estimate of drug-likeness (QED) is 0.0432. The Hall–Kier alpha value is -8.27. The van der Waals surface area contributed by atoms with Crippen LogP contribution in [0.15, 0.2) is 153 Å². The minimum Gasteiger partial charge on any atom is -0.431 e. The number of carbonyl (C=O) groups excluding carboxylic acids is 4. The molecule has 0 bridgehead atoms. The molecule has 4 aromatic rings. The van der Waals surface area contributed by atoms with E-state index in [0.717, 1.165) is 34.8 Å². The van der Waals surface area contributed by atoms with Crippen LogP contribution in [0.2, 0.25) is 0 Å². The molecule has 0 saturated carbocycles. The molecule has 0 aromatic heterocycles. The van der Waals surface area contributed by atoms with Gasteiger partial charge in [-0.15, -0.1) is 0 Å². The summed E-state index contributed by atoms with van der Waals surface area (Å²) < 4.78 is 36.7. The molecule has 304 valence electrons. The smallest absolute Gasteiger partial charge is 0.337 e. The lowest BCUT2D eigenvalue weighted by molar-refractivity contribution is -0.134. The Labute approximate surface area is 355 Å². The molecule has 0 amide bonds. The van der Waals surface area contributed by atoms with Gasteiger partial charge in [-0.3, -0.25) is 0 Å². The summed E-state index contributed by atoms with van der Waals surface area (Å²) >= 11 is 0. The highest BCUT2D eigenvalue weighted by molar-refractivity contribution is 5.89. The molecule has 0 aliphatic carbocycles. The first kappa shape index (κ1) is 45.4. The van der Waals surface area contributed by atoms with Gasteiger partial charge in [-0.25, -0.2) is 23.6 Å². The minimum absolute atomic E-state index is 0.0517. The highest BCUT2D eigenvalue weighted by atomic mass is 19.1. The highest BCUT2D eigenvalue weighted by Gasteiger charge is 2.15. The van der Waals surface area contributed by atoms with Gasteiger partial charge in [-0.05, 0) is 105 Å². The Morgan fingerprint density at radius 1 is 0.475 bits per heavy atom. The topological polar surface area (TPSA) is 105 Å². The van der Waals surface area contributed by atoms with Gasteiger partial charge in [0.1, 0.15) is 5.82 Å². The molecule has 4 aromatic carbocycles. The lowest BCUT2D eigenvalue weighted by Crippen LogP contribution is -2.02. The van der Waals surface area contributed by atoms with Crippen molar-refractivity contribution in [3.8, 4) is 34.8 Å². The van der Waals surface area contributed by atoms with Gasteiger partial charge in [-0.2, -0.15) is 0 Å². The summed E-state index contributed by atoms with van der Waals surface area (Å²) in [6.07, 6.45) is 10.9.